The number of hydrogen-bond donors (Lipinski definition) is 2. The second kappa shape index (κ2) is 7.82. The van der Waals surface area contributed by atoms with E-state index in [1.807, 2.05) is 6.07 Å². The highest BCUT2D eigenvalue weighted by Crippen LogP contribution is 2.26. The molecule has 0 aliphatic carbocycles. The van der Waals surface area contributed by atoms with Gasteiger partial charge in [0.2, 0.25) is 0 Å². The van der Waals surface area contributed by atoms with Crippen LogP contribution in [0.15, 0.2) is 47.1 Å². The summed E-state index contributed by atoms with van der Waals surface area (Å²) >= 11 is 0. The van der Waals surface area contributed by atoms with Crippen LogP contribution < -0.4 is 10.6 Å². The van der Waals surface area contributed by atoms with Crippen molar-refractivity contribution in [2.75, 3.05) is 10.6 Å². The number of anilines is 3. The largest absolute Gasteiger partial charge is 0.360 e. The number of pyridine rings is 1. The normalized spacial score (nSPS) is 10.6. The molecule has 134 valence electrons. The lowest BCUT2D eigenvalue weighted by Crippen LogP contribution is -2.14. The lowest BCUT2D eigenvalue weighted by molar-refractivity contribution is 0.102. The highest BCUT2D eigenvalue weighted by molar-refractivity contribution is 6.02. The number of carbonyl (C=O) groups excluding carboxylic acids is 1. The minimum Gasteiger partial charge on any atom is -0.360 e. The first-order chi connectivity index (χ1) is 12.6. The Labute approximate surface area is 152 Å². The molecule has 6 heteroatoms. The lowest BCUT2D eigenvalue weighted by Gasteiger charge is -2.15. The third kappa shape index (κ3) is 3.91. The van der Waals surface area contributed by atoms with Crippen molar-refractivity contribution in [2.24, 2.45) is 0 Å². The molecule has 2 aromatic heterocycles. The molecular formula is C20H22N4O2. The molecule has 0 radical (unpaired) electrons. The summed E-state index contributed by atoms with van der Waals surface area (Å²) in [6.07, 6.45) is 3.48. The molecule has 6 nitrogen and oxygen atoms in total. The molecule has 26 heavy (non-hydrogen) atoms. The number of carbonyl (C=O) groups is 1. The van der Waals surface area contributed by atoms with E-state index in [0.29, 0.717) is 17.3 Å². The molecule has 0 aliphatic rings. The van der Waals surface area contributed by atoms with E-state index in [1.165, 1.54) is 11.1 Å². The van der Waals surface area contributed by atoms with Crippen LogP contribution in [-0.4, -0.2) is 16.0 Å². The second-order valence-corrected chi connectivity index (χ2v) is 5.99. The van der Waals surface area contributed by atoms with Crippen LogP contribution in [-0.2, 0) is 12.8 Å². The Morgan fingerprint density at radius 3 is 2.46 bits per heavy atom. The number of hydrogen-bond acceptors (Lipinski definition) is 5. The summed E-state index contributed by atoms with van der Waals surface area (Å²) in [5.74, 6) is 0.672. The van der Waals surface area contributed by atoms with Gasteiger partial charge in [0.1, 0.15) is 11.5 Å². The first-order valence-corrected chi connectivity index (χ1v) is 8.69. The number of aromatic nitrogens is 2. The second-order valence-electron chi connectivity index (χ2n) is 5.99. The molecular weight excluding hydrogens is 328 g/mol. The maximum absolute atomic E-state index is 12.4. The molecule has 0 spiro atoms. The smallest absolute Gasteiger partial charge is 0.275 e. The minimum atomic E-state index is -0.332. The highest BCUT2D eigenvalue weighted by Gasteiger charge is 2.12. The monoisotopic (exact) mass is 350 g/mol. The quantitative estimate of drug-likeness (QED) is 0.684. The van der Waals surface area contributed by atoms with Crippen molar-refractivity contribution < 1.29 is 9.32 Å². The minimum absolute atomic E-state index is 0.308. The SMILES string of the molecule is CCc1cccc(CC)c1Nc1ccnc(C(=O)Nc2cc(C)on2)c1. The fourth-order valence-corrected chi connectivity index (χ4v) is 2.79. The molecule has 0 atom stereocenters. The maximum Gasteiger partial charge on any atom is 0.275 e. The van der Waals surface area contributed by atoms with E-state index in [0.717, 1.165) is 24.2 Å². The number of rotatable bonds is 6. The predicted molar refractivity (Wildman–Crippen MR) is 102 cm³/mol. The Hall–Kier alpha value is -3.15. The van der Waals surface area contributed by atoms with Crippen LogP contribution in [0.5, 0.6) is 0 Å². The predicted octanol–water partition coefficient (Wildman–Crippen LogP) is 4.50. The molecule has 3 rings (SSSR count). The van der Waals surface area contributed by atoms with Crippen molar-refractivity contribution in [2.45, 2.75) is 33.6 Å². The van der Waals surface area contributed by atoms with Gasteiger partial charge < -0.3 is 15.2 Å². The van der Waals surface area contributed by atoms with Gasteiger partial charge in [-0.2, -0.15) is 0 Å². The van der Waals surface area contributed by atoms with Crippen LogP contribution in [0.3, 0.4) is 0 Å². The van der Waals surface area contributed by atoms with Crippen molar-refractivity contribution in [3.8, 4) is 0 Å². The summed E-state index contributed by atoms with van der Waals surface area (Å²) in [7, 11) is 0. The van der Waals surface area contributed by atoms with Crippen molar-refractivity contribution in [1.29, 1.82) is 0 Å². The zero-order valence-corrected chi connectivity index (χ0v) is 15.2. The van der Waals surface area contributed by atoms with E-state index in [1.54, 1.807) is 25.3 Å². The van der Waals surface area contributed by atoms with E-state index in [9.17, 15) is 4.79 Å². The Kier molecular flexibility index (Phi) is 5.31. The Balaban J connectivity index is 1.83. The third-order valence-corrected chi connectivity index (χ3v) is 4.13. The molecule has 0 saturated heterocycles. The summed E-state index contributed by atoms with van der Waals surface area (Å²) in [6.45, 7) is 6.03. The molecule has 1 amide bonds. The van der Waals surface area contributed by atoms with Gasteiger partial charge in [-0.25, -0.2) is 0 Å². The zero-order chi connectivity index (χ0) is 18.5. The van der Waals surface area contributed by atoms with Gasteiger partial charge in [0.25, 0.3) is 5.91 Å². The van der Waals surface area contributed by atoms with E-state index in [-0.39, 0.29) is 5.91 Å². The fourth-order valence-electron chi connectivity index (χ4n) is 2.79. The molecule has 0 unspecified atom stereocenters. The van der Waals surface area contributed by atoms with Gasteiger partial charge in [0.15, 0.2) is 5.82 Å². The average Bonchev–Trinajstić information content (AvgIpc) is 3.06. The molecule has 1 aromatic carbocycles. The molecule has 0 saturated carbocycles. The molecule has 2 heterocycles. The van der Waals surface area contributed by atoms with Crippen molar-refractivity contribution in [3.05, 3.63) is 65.2 Å². The number of amides is 1. The number of para-hydroxylation sites is 1. The van der Waals surface area contributed by atoms with Crippen LogP contribution in [0.2, 0.25) is 0 Å². The summed E-state index contributed by atoms with van der Waals surface area (Å²) < 4.78 is 4.96. The lowest BCUT2D eigenvalue weighted by atomic mass is 10.0. The molecule has 0 fully saturated rings. The third-order valence-electron chi connectivity index (χ3n) is 4.13. The summed E-state index contributed by atoms with van der Waals surface area (Å²) in [6, 6.07) is 11.5. The van der Waals surface area contributed by atoms with Crippen LogP contribution >= 0.6 is 0 Å². The van der Waals surface area contributed by atoms with Crippen molar-refractivity contribution in [1.82, 2.24) is 10.1 Å². The summed E-state index contributed by atoms with van der Waals surface area (Å²) in [4.78, 5) is 16.5. The molecule has 3 aromatic rings. The van der Waals surface area contributed by atoms with Gasteiger partial charge in [-0.3, -0.25) is 9.78 Å². The molecule has 0 bridgehead atoms. The van der Waals surface area contributed by atoms with Crippen molar-refractivity contribution in [3.63, 3.8) is 0 Å². The number of nitrogens with zero attached hydrogens (tertiary/aromatic N) is 2. The van der Waals surface area contributed by atoms with E-state index in [2.05, 4.69) is 52.8 Å². The van der Waals surface area contributed by atoms with Gasteiger partial charge in [-0.05, 0) is 43.0 Å². The Morgan fingerprint density at radius 2 is 1.85 bits per heavy atom. The van der Waals surface area contributed by atoms with E-state index >= 15 is 0 Å². The van der Waals surface area contributed by atoms with Gasteiger partial charge in [-0.1, -0.05) is 37.2 Å². The zero-order valence-electron chi connectivity index (χ0n) is 15.2. The fraction of sp³-hybridized carbons (Fsp3) is 0.250. The van der Waals surface area contributed by atoms with Gasteiger partial charge >= 0.3 is 0 Å². The Bertz CT molecular complexity index is 895. The van der Waals surface area contributed by atoms with Crippen LogP contribution in [0.25, 0.3) is 0 Å². The van der Waals surface area contributed by atoms with Crippen molar-refractivity contribution >= 4 is 23.1 Å². The summed E-state index contributed by atoms with van der Waals surface area (Å²) in [5, 5.41) is 9.90. The van der Waals surface area contributed by atoms with Gasteiger partial charge in [0, 0.05) is 23.6 Å². The van der Waals surface area contributed by atoms with E-state index in [4.69, 9.17) is 4.52 Å². The molecule has 0 aliphatic heterocycles. The first kappa shape index (κ1) is 17.7. The Morgan fingerprint density at radius 1 is 1.12 bits per heavy atom. The standard InChI is InChI=1S/C20H22N4O2/c1-4-14-7-6-8-15(5-2)19(14)22-16-9-10-21-17(12-16)20(25)23-18-11-13(3)26-24-18/h6-12H,4-5H2,1-3H3,(H,21,22)(H,23,24,25). The summed E-state index contributed by atoms with van der Waals surface area (Å²) in [5.41, 5.74) is 4.71. The average molecular weight is 350 g/mol. The number of aryl methyl sites for hydroxylation is 3. The maximum atomic E-state index is 12.4. The topological polar surface area (TPSA) is 80.0 Å². The first-order valence-electron chi connectivity index (χ1n) is 8.69. The number of nitrogens with one attached hydrogen (secondary N) is 2. The van der Waals surface area contributed by atoms with E-state index < -0.39 is 0 Å². The van der Waals surface area contributed by atoms with Gasteiger partial charge in [-0.15, -0.1) is 0 Å². The van der Waals surface area contributed by atoms with Crippen LogP contribution in [0, 0.1) is 6.92 Å². The highest BCUT2D eigenvalue weighted by atomic mass is 16.5. The number of benzene rings is 1. The van der Waals surface area contributed by atoms with Crippen LogP contribution in [0.1, 0.15) is 41.2 Å². The van der Waals surface area contributed by atoms with Crippen LogP contribution in [0.4, 0.5) is 17.2 Å². The molecule has 2 N–H and O–H groups in total. The van der Waals surface area contributed by atoms with Gasteiger partial charge in [0.05, 0.1) is 0 Å².